The lowest BCUT2D eigenvalue weighted by Crippen LogP contribution is -2.46. The average molecular weight is 211 g/mol. The molecule has 0 aromatic carbocycles. The van der Waals surface area contributed by atoms with Gasteiger partial charge in [0.15, 0.2) is 0 Å². The smallest absolute Gasteiger partial charge is 0.343 e. The maximum absolute atomic E-state index is 11.5. The second-order valence-electron chi connectivity index (χ2n) is 4.62. The maximum Gasteiger partial charge on any atom is 0.343 e. The molecule has 0 saturated heterocycles. The molecule has 0 spiro atoms. The zero-order valence-corrected chi connectivity index (χ0v) is 8.94. The van der Waals surface area contributed by atoms with Gasteiger partial charge in [0.2, 0.25) is 0 Å². The first-order valence-corrected chi connectivity index (χ1v) is 5.41. The molecular formula is C10H17N3O2. The Labute approximate surface area is 88.1 Å². The molecule has 1 fully saturated rings. The molecule has 1 heterocycles. The Bertz CT molecular complexity index is 384. The second kappa shape index (κ2) is 3.81. The van der Waals surface area contributed by atoms with Crippen molar-refractivity contribution in [2.24, 2.45) is 5.92 Å². The minimum Gasteiger partial charge on any atom is -0.394 e. The number of aromatic amines is 1. The quantitative estimate of drug-likeness (QED) is 0.747. The molecule has 15 heavy (non-hydrogen) atoms. The first kappa shape index (κ1) is 10.4. The van der Waals surface area contributed by atoms with Gasteiger partial charge in [0, 0.05) is 0 Å². The summed E-state index contributed by atoms with van der Waals surface area (Å²) in [5.74, 6) is 0.549. The highest BCUT2D eigenvalue weighted by Crippen LogP contribution is 2.36. The molecule has 2 atom stereocenters. The summed E-state index contributed by atoms with van der Waals surface area (Å²) in [7, 11) is 0. The van der Waals surface area contributed by atoms with E-state index in [9.17, 15) is 9.90 Å². The van der Waals surface area contributed by atoms with Crippen LogP contribution in [0.2, 0.25) is 0 Å². The molecule has 1 aliphatic carbocycles. The van der Waals surface area contributed by atoms with Crippen LogP contribution in [-0.4, -0.2) is 26.5 Å². The average Bonchev–Trinajstić information content (AvgIpc) is 2.65. The van der Waals surface area contributed by atoms with E-state index in [0.29, 0.717) is 5.92 Å². The molecule has 0 bridgehead atoms. The number of H-pyrrole nitrogens is 1. The molecule has 84 valence electrons. The summed E-state index contributed by atoms with van der Waals surface area (Å²) in [4.78, 5) is 11.5. The Morgan fingerprint density at radius 2 is 2.60 bits per heavy atom. The highest BCUT2D eigenvalue weighted by molar-refractivity contribution is 4.92. The summed E-state index contributed by atoms with van der Waals surface area (Å²) in [6.45, 7) is 2.17. The molecule has 0 aliphatic heterocycles. The number of hydrogen-bond donors (Lipinski definition) is 2. The fraction of sp³-hybridized carbons (Fsp3) is 0.800. The Kier molecular flexibility index (Phi) is 2.65. The van der Waals surface area contributed by atoms with Gasteiger partial charge in [0.25, 0.3) is 0 Å². The van der Waals surface area contributed by atoms with Crippen molar-refractivity contribution in [2.75, 3.05) is 6.61 Å². The highest BCUT2D eigenvalue weighted by Gasteiger charge is 2.37. The van der Waals surface area contributed by atoms with Crippen LogP contribution in [0.15, 0.2) is 11.1 Å². The van der Waals surface area contributed by atoms with Gasteiger partial charge in [-0.05, 0) is 18.8 Å². The van der Waals surface area contributed by atoms with Gasteiger partial charge in [-0.2, -0.15) is 5.10 Å². The molecular weight excluding hydrogens is 194 g/mol. The van der Waals surface area contributed by atoms with E-state index in [1.54, 1.807) is 4.57 Å². The van der Waals surface area contributed by atoms with E-state index >= 15 is 0 Å². The van der Waals surface area contributed by atoms with Crippen LogP contribution in [0.4, 0.5) is 0 Å². The van der Waals surface area contributed by atoms with Crippen molar-refractivity contribution >= 4 is 0 Å². The van der Waals surface area contributed by atoms with Crippen LogP contribution in [0.3, 0.4) is 0 Å². The third kappa shape index (κ3) is 1.71. The number of aliphatic hydroxyl groups excluding tert-OH is 1. The Morgan fingerprint density at radius 3 is 3.13 bits per heavy atom. The Balaban J connectivity index is 2.36. The number of hydrogen-bond acceptors (Lipinski definition) is 3. The van der Waals surface area contributed by atoms with Crippen molar-refractivity contribution in [3.8, 4) is 0 Å². The maximum atomic E-state index is 11.5. The molecule has 1 saturated carbocycles. The van der Waals surface area contributed by atoms with Gasteiger partial charge in [-0.15, -0.1) is 0 Å². The van der Waals surface area contributed by atoms with Crippen LogP contribution in [0.1, 0.15) is 32.6 Å². The first-order chi connectivity index (χ1) is 7.18. The van der Waals surface area contributed by atoms with E-state index < -0.39 is 5.54 Å². The zero-order chi connectivity index (χ0) is 10.9. The summed E-state index contributed by atoms with van der Waals surface area (Å²) < 4.78 is 1.56. The van der Waals surface area contributed by atoms with E-state index in [-0.39, 0.29) is 12.3 Å². The molecule has 5 nitrogen and oxygen atoms in total. The van der Waals surface area contributed by atoms with Crippen molar-refractivity contribution < 1.29 is 5.11 Å². The van der Waals surface area contributed by atoms with Crippen LogP contribution in [0.5, 0.6) is 0 Å². The summed E-state index contributed by atoms with van der Waals surface area (Å²) in [6.07, 6.45) is 5.43. The molecule has 2 rings (SSSR count). The third-order valence-electron chi connectivity index (χ3n) is 3.43. The van der Waals surface area contributed by atoms with Gasteiger partial charge in [0.05, 0.1) is 12.1 Å². The normalized spacial score (nSPS) is 31.7. The molecule has 2 unspecified atom stereocenters. The van der Waals surface area contributed by atoms with Gasteiger partial charge in [-0.1, -0.05) is 19.8 Å². The summed E-state index contributed by atoms with van der Waals surface area (Å²) in [5.41, 5.74) is -0.653. The van der Waals surface area contributed by atoms with Crippen molar-refractivity contribution in [2.45, 2.75) is 38.1 Å². The van der Waals surface area contributed by atoms with Crippen LogP contribution in [0, 0.1) is 5.92 Å². The van der Waals surface area contributed by atoms with Gasteiger partial charge in [0.1, 0.15) is 6.33 Å². The highest BCUT2D eigenvalue weighted by atomic mass is 16.3. The number of aliphatic hydroxyl groups is 1. The molecule has 2 N–H and O–H groups in total. The van der Waals surface area contributed by atoms with Gasteiger partial charge in [-0.3, -0.25) is 4.57 Å². The molecule has 5 heteroatoms. The number of aromatic nitrogens is 3. The van der Waals surface area contributed by atoms with E-state index in [0.717, 1.165) is 19.3 Å². The lowest BCUT2D eigenvalue weighted by molar-refractivity contribution is 0.0667. The Hall–Kier alpha value is -1.10. The van der Waals surface area contributed by atoms with Crippen molar-refractivity contribution in [3.63, 3.8) is 0 Å². The largest absolute Gasteiger partial charge is 0.394 e. The second-order valence-corrected chi connectivity index (χ2v) is 4.62. The number of nitrogens with zero attached hydrogens (tertiary/aromatic N) is 2. The molecule has 1 aromatic rings. The molecule has 1 aromatic heterocycles. The SMILES string of the molecule is CC1CCCC(CO)(n2cn[nH]c2=O)C1. The predicted molar refractivity (Wildman–Crippen MR) is 55.5 cm³/mol. The third-order valence-corrected chi connectivity index (χ3v) is 3.43. The van der Waals surface area contributed by atoms with Gasteiger partial charge in [-0.25, -0.2) is 9.89 Å². The fourth-order valence-corrected chi connectivity index (χ4v) is 2.66. The topological polar surface area (TPSA) is 70.9 Å². The summed E-state index contributed by atoms with van der Waals surface area (Å²) in [5, 5.41) is 15.7. The minimum atomic E-state index is -0.429. The van der Waals surface area contributed by atoms with E-state index in [1.165, 1.54) is 12.7 Å². The standard InChI is InChI=1S/C10H17N3O2/c1-8-3-2-4-10(5-8,6-14)13-7-11-12-9(13)15/h7-8,14H,2-6H2,1H3,(H,12,15). The van der Waals surface area contributed by atoms with Crippen LogP contribution < -0.4 is 5.69 Å². The van der Waals surface area contributed by atoms with E-state index in [4.69, 9.17) is 0 Å². The van der Waals surface area contributed by atoms with Crippen LogP contribution in [0.25, 0.3) is 0 Å². The predicted octanol–water partition coefficient (Wildman–Crippen LogP) is 0.469. The molecule has 1 aliphatic rings. The van der Waals surface area contributed by atoms with E-state index in [2.05, 4.69) is 17.1 Å². The Morgan fingerprint density at radius 1 is 1.80 bits per heavy atom. The van der Waals surface area contributed by atoms with Crippen LogP contribution in [-0.2, 0) is 5.54 Å². The summed E-state index contributed by atoms with van der Waals surface area (Å²) >= 11 is 0. The van der Waals surface area contributed by atoms with Gasteiger partial charge < -0.3 is 5.11 Å². The van der Waals surface area contributed by atoms with E-state index in [1.807, 2.05) is 0 Å². The molecule has 0 radical (unpaired) electrons. The van der Waals surface area contributed by atoms with Crippen molar-refractivity contribution in [1.82, 2.24) is 14.8 Å². The van der Waals surface area contributed by atoms with Crippen molar-refractivity contribution in [3.05, 3.63) is 16.8 Å². The van der Waals surface area contributed by atoms with Crippen LogP contribution >= 0.6 is 0 Å². The monoisotopic (exact) mass is 211 g/mol. The van der Waals surface area contributed by atoms with Gasteiger partial charge >= 0.3 is 5.69 Å². The lowest BCUT2D eigenvalue weighted by Gasteiger charge is -2.38. The van der Waals surface area contributed by atoms with Crippen molar-refractivity contribution in [1.29, 1.82) is 0 Å². The number of rotatable bonds is 2. The molecule has 0 amide bonds. The number of nitrogens with one attached hydrogen (secondary N) is 1. The lowest BCUT2D eigenvalue weighted by atomic mass is 9.76. The fourth-order valence-electron chi connectivity index (χ4n) is 2.66. The summed E-state index contributed by atoms with van der Waals surface area (Å²) in [6, 6.07) is 0. The minimum absolute atomic E-state index is 0.0107. The zero-order valence-electron chi connectivity index (χ0n) is 8.94. The first-order valence-electron chi connectivity index (χ1n) is 5.41.